The molecule has 1 aliphatic carbocycles. The molecule has 1 aromatic rings. The molecule has 2 rings (SSSR count). The summed E-state index contributed by atoms with van der Waals surface area (Å²) < 4.78 is 28.1. The first-order valence-corrected chi connectivity index (χ1v) is 7.57. The van der Waals surface area contributed by atoms with Crippen LogP contribution >= 0.6 is 0 Å². The average molecular weight is 273 g/mol. The first-order valence-electron chi connectivity index (χ1n) is 6.08. The third kappa shape index (κ3) is 3.30. The Labute approximate surface area is 107 Å². The SMILES string of the molecule is CC1(CNS(=O)(=O)c2cnn(CCCO)c2)CC1. The molecule has 7 heteroatoms. The van der Waals surface area contributed by atoms with E-state index >= 15 is 0 Å². The quantitative estimate of drug-likeness (QED) is 0.750. The summed E-state index contributed by atoms with van der Waals surface area (Å²) in [4.78, 5) is 0.185. The molecular formula is C11H19N3O3S. The first-order chi connectivity index (χ1) is 8.45. The maximum Gasteiger partial charge on any atom is 0.243 e. The molecule has 0 aliphatic heterocycles. The number of aliphatic hydroxyl groups is 1. The van der Waals surface area contributed by atoms with E-state index < -0.39 is 10.0 Å². The largest absolute Gasteiger partial charge is 0.396 e. The molecular weight excluding hydrogens is 254 g/mol. The highest BCUT2D eigenvalue weighted by atomic mass is 32.2. The number of aryl methyl sites for hydroxylation is 1. The Balaban J connectivity index is 1.97. The molecule has 102 valence electrons. The predicted molar refractivity (Wildman–Crippen MR) is 66.5 cm³/mol. The van der Waals surface area contributed by atoms with Gasteiger partial charge in [-0.2, -0.15) is 5.10 Å². The Morgan fingerprint density at radius 1 is 1.56 bits per heavy atom. The van der Waals surface area contributed by atoms with E-state index in [1.54, 1.807) is 0 Å². The van der Waals surface area contributed by atoms with Crippen molar-refractivity contribution in [3.8, 4) is 0 Å². The smallest absolute Gasteiger partial charge is 0.243 e. The summed E-state index contributed by atoms with van der Waals surface area (Å²) in [6.45, 7) is 3.14. The molecule has 0 unspecified atom stereocenters. The van der Waals surface area contributed by atoms with E-state index in [1.807, 2.05) is 0 Å². The lowest BCUT2D eigenvalue weighted by Crippen LogP contribution is -2.28. The number of aromatic nitrogens is 2. The van der Waals surface area contributed by atoms with Crippen LogP contribution in [0.15, 0.2) is 17.3 Å². The maximum absolute atomic E-state index is 12.0. The summed E-state index contributed by atoms with van der Waals surface area (Å²) in [5.74, 6) is 0. The van der Waals surface area contributed by atoms with E-state index in [1.165, 1.54) is 17.1 Å². The molecule has 0 atom stereocenters. The summed E-state index contributed by atoms with van der Waals surface area (Å²) in [5.41, 5.74) is 0.139. The lowest BCUT2D eigenvalue weighted by Gasteiger charge is -2.09. The van der Waals surface area contributed by atoms with Crippen molar-refractivity contribution in [2.45, 2.75) is 37.6 Å². The summed E-state index contributed by atoms with van der Waals surface area (Å²) in [5, 5.41) is 12.7. The van der Waals surface area contributed by atoms with Crippen LogP contribution in [0.3, 0.4) is 0 Å². The van der Waals surface area contributed by atoms with E-state index in [4.69, 9.17) is 5.11 Å². The van der Waals surface area contributed by atoms with Gasteiger partial charge in [-0.1, -0.05) is 6.92 Å². The monoisotopic (exact) mass is 273 g/mol. The minimum Gasteiger partial charge on any atom is -0.396 e. The maximum atomic E-state index is 12.0. The number of aliphatic hydroxyl groups excluding tert-OH is 1. The van der Waals surface area contributed by atoms with Crippen LogP contribution in [-0.4, -0.2) is 36.5 Å². The molecule has 1 aromatic heterocycles. The summed E-state index contributed by atoms with van der Waals surface area (Å²) in [6.07, 6.45) is 5.55. The highest BCUT2D eigenvalue weighted by Crippen LogP contribution is 2.44. The van der Waals surface area contributed by atoms with Crippen LogP contribution in [-0.2, 0) is 16.6 Å². The minimum absolute atomic E-state index is 0.0680. The van der Waals surface area contributed by atoms with Gasteiger partial charge in [0.2, 0.25) is 10.0 Å². The van der Waals surface area contributed by atoms with Crippen LogP contribution in [0.25, 0.3) is 0 Å². The Morgan fingerprint density at radius 3 is 2.89 bits per heavy atom. The number of rotatable bonds is 7. The van der Waals surface area contributed by atoms with Gasteiger partial charge in [-0.15, -0.1) is 0 Å². The minimum atomic E-state index is -3.45. The lowest BCUT2D eigenvalue weighted by molar-refractivity contribution is 0.277. The van der Waals surface area contributed by atoms with Crippen molar-refractivity contribution in [1.82, 2.24) is 14.5 Å². The summed E-state index contributed by atoms with van der Waals surface area (Å²) in [6, 6.07) is 0. The van der Waals surface area contributed by atoms with Crippen LogP contribution in [0.4, 0.5) is 0 Å². The van der Waals surface area contributed by atoms with E-state index in [9.17, 15) is 8.42 Å². The Hall–Kier alpha value is -0.920. The zero-order valence-corrected chi connectivity index (χ0v) is 11.3. The fraction of sp³-hybridized carbons (Fsp3) is 0.727. The molecule has 2 N–H and O–H groups in total. The van der Waals surface area contributed by atoms with Crippen molar-refractivity contribution >= 4 is 10.0 Å². The van der Waals surface area contributed by atoms with Crippen molar-refractivity contribution < 1.29 is 13.5 Å². The number of sulfonamides is 1. The van der Waals surface area contributed by atoms with Gasteiger partial charge in [-0.3, -0.25) is 4.68 Å². The first kappa shape index (κ1) is 13.5. The Morgan fingerprint density at radius 2 is 2.28 bits per heavy atom. The molecule has 0 amide bonds. The van der Waals surface area contributed by atoms with Crippen molar-refractivity contribution in [3.05, 3.63) is 12.4 Å². The molecule has 0 aromatic carbocycles. The van der Waals surface area contributed by atoms with Gasteiger partial charge in [0.05, 0.1) is 6.20 Å². The standard InChI is InChI=1S/C11H19N3O3S/c1-11(3-4-11)9-13-18(16,17)10-7-12-14(8-10)5-2-6-15/h7-8,13,15H,2-6,9H2,1H3. The van der Waals surface area contributed by atoms with Gasteiger partial charge in [0.15, 0.2) is 0 Å². The third-order valence-electron chi connectivity index (χ3n) is 3.26. The Bertz CT molecular complexity index is 505. The number of nitrogens with one attached hydrogen (secondary N) is 1. The molecule has 0 bridgehead atoms. The number of hydrogen-bond donors (Lipinski definition) is 2. The van der Waals surface area contributed by atoms with E-state index in [0.717, 1.165) is 12.8 Å². The van der Waals surface area contributed by atoms with Crippen LogP contribution in [0.2, 0.25) is 0 Å². The fourth-order valence-electron chi connectivity index (χ4n) is 1.58. The van der Waals surface area contributed by atoms with Crippen molar-refractivity contribution in [2.24, 2.45) is 5.41 Å². The Kier molecular flexibility index (Phi) is 3.74. The highest BCUT2D eigenvalue weighted by Gasteiger charge is 2.38. The van der Waals surface area contributed by atoms with Gasteiger partial charge < -0.3 is 5.11 Å². The number of nitrogens with zero attached hydrogens (tertiary/aromatic N) is 2. The average Bonchev–Trinajstić information content (AvgIpc) is 2.89. The molecule has 0 radical (unpaired) electrons. The molecule has 1 saturated carbocycles. The van der Waals surface area contributed by atoms with E-state index in [-0.39, 0.29) is 16.9 Å². The molecule has 1 aliphatic rings. The molecule has 6 nitrogen and oxygen atoms in total. The van der Waals surface area contributed by atoms with Crippen LogP contribution < -0.4 is 4.72 Å². The second-order valence-corrected chi connectivity index (χ2v) is 6.92. The van der Waals surface area contributed by atoms with Gasteiger partial charge in [-0.25, -0.2) is 13.1 Å². The van der Waals surface area contributed by atoms with Gasteiger partial charge in [0.1, 0.15) is 4.90 Å². The fourth-order valence-corrected chi connectivity index (χ4v) is 2.73. The van der Waals surface area contributed by atoms with Gasteiger partial charge in [0, 0.05) is 25.9 Å². The second kappa shape index (κ2) is 4.99. The van der Waals surface area contributed by atoms with E-state index in [0.29, 0.717) is 19.5 Å². The van der Waals surface area contributed by atoms with Crippen LogP contribution in [0.5, 0.6) is 0 Å². The number of hydrogen-bond acceptors (Lipinski definition) is 4. The van der Waals surface area contributed by atoms with E-state index in [2.05, 4.69) is 16.7 Å². The zero-order chi connectivity index (χ0) is 13.2. The molecule has 1 heterocycles. The van der Waals surface area contributed by atoms with Gasteiger partial charge >= 0.3 is 0 Å². The highest BCUT2D eigenvalue weighted by molar-refractivity contribution is 7.89. The molecule has 0 spiro atoms. The predicted octanol–water partition coefficient (Wildman–Crippen LogP) is 0.344. The molecule has 18 heavy (non-hydrogen) atoms. The van der Waals surface area contributed by atoms with Crippen LogP contribution in [0.1, 0.15) is 26.2 Å². The normalized spacial score (nSPS) is 17.9. The third-order valence-corrected chi connectivity index (χ3v) is 4.61. The topological polar surface area (TPSA) is 84.2 Å². The second-order valence-electron chi connectivity index (χ2n) is 5.15. The zero-order valence-electron chi connectivity index (χ0n) is 10.5. The van der Waals surface area contributed by atoms with Gasteiger partial charge in [-0.05, 0) is 24.7 Å². The van der Waals surface area contributed by atoms with Crippen molar-refractivity contribution in [3.63, 3.8) is 0 Å². The summed E-state index contributed by atoms with van der Waals surface area (Å²) >= 11 is 0. The summed E-state index contributed by atoms with van der Waals surface area (Å²) in [7, 11) is -3.45. The lowest BCUT2D eigenvalue weighted by atomic mass is 10.2. The van der Waals surface area contributed by atoms with Crippen molar-refractivity contribution in [1.29, 1.82) is 0 Å². The van der Waals surface area contributed by atoms with Crippen LogP contribution in [0, 0.1) is 5.41 Å². The molecule has 1 fully saturated rings. The van der Waals surface area contributed by atoms with Gasteiger partial charge in [0.25, 0.3) is 0 Å². The molecule has 0 saturated heterocycles. The van der Waals surface area contributed by atoms with Crippen molar-refractivity contribution in [2.75, 3.05) is 13.2 Å².